The number of amides is 2. The van der Waals surface area contributed by atoms with Crippen LogP contribution in [-0.2, 0) is 9.53 Å². The highest BCUT2D eigenvalue weighted by Gasteiger charge is 2.45. The Balaban J connectivity index is 1.73. The van der Waals surface area contributed by atoms with Gasteiger partial charge in [0.2, 0.25) is 5.91 Å². The zero-order chi connectivity index (χ0) is 21.2. The van der Waals surface area contributed by atoms with Gasteiger partial charge in [0.25, 0.3) is 0 Å². The molecule has 154 valence electrons. The zero-order valence-electron chi connectivity index (χ0n) is 16.9. The molecule has 0 saturated heterocycles. The number of hydrogen-bond acceptors (Lipinski definition) is 4. The van der Waals surface area contributed by atoms with Gasteiger partial charge in [0.1, 0.15) is 17.2 Å². The number of benzene rings is 2. The van der Waals surface area contributed by atoms with E-state index in [2.05, 4.69) is 10.6 Å². The van der Waals surface area contributed by atoms with Crippen LogP contribution in [-0.4, -0.2) is 24.7 Å². The standard InChI is InChI=1S/C22H25FN2O4/c1-22(2,3)29-21(27)25-18-10-9-13(28-4)11-19(18)24-20(26)16-12-15(16)14-7-5-6-8-17(14)23/h5-11,15-16H,12H2,1-4H3,(H,24,26)(H,25,27). The van der Waals surface area contributed by atoms with Gasteiger partial charge in [-0.1, -0.05) is 18.2 Å². The van der Waals surface area contributed by atoms with Crippen LogP contribution in [0.3, 0.4) is 0 Å². The third kappa shape index (κ3) is 5.25. The predicted molar refractivity (Wildman–Crippen MR) is 109 cm³/mol. The number of rotatable bonds is 5. The summed E-state index contributed by atoms with van der Waals surface area (Å²) in [4.78, 5) is 24.8. The summed E-state index contributed by atoms with van der Waals surface area (Å²) in [6, 6.07) is 11.4. The molecule has 2 N–H and O–H groups in total. The van der Waals surface area contributed by atoms with Crippen molar-refractivity contribution in [3.63, 3.8) is 0 Å². The Hall–Kier alpha value is -3.09. The largest absolute Gasteiger partial charge is 0.497 e. The summed E-state index contributed by atoms with van der Waals surface area (Å²) in [5.41, 5.74) is 0.669. The minimum atomic E-state index is -0.652. The number of anilines is 2. The first kappa shape index (κ1) is 20.6. The fourth-order valence-corrected chi connectivity index (χ4v) is 3.11. The minimum Gasteiger partial charge on any atom is -0.497 e. The number of carbonyl (C=O) groups excluding carboxylic acids is 2. The van der Waals surface area contributed by atoms with Gasteiger partial charge in [-0.25, -0.2) is 9.18 Å². The molecule has 7 heteroatoms. The van der Waals surface area contributed by atoms with Crippen LogP contribution in [0.5, 0.6) is 5.75 Å². The minimum absolute atomic E-state index is 0.149. The molecule has 0 aliphatic heterocycles. The zero-order valence-corrected chi connectivity index (χ0v) is 16.9. The second-order valence-electron chi connectivity index (χ2n) is 8.00. The SMILES string of the molecule is COc1ccc(NC(=O)OC(C)(C)C)c(NC(=O)C2CC2c2ccccc2F)c1. The summed E-state index contributed by atoms with van der Waals surface area (Å²) in [6.45, 7) is 5.29. The van der Waals surface area contributed by atoms with E-state index in [0.717, 1.165) is 0 Å². The summed E-state index contributed by atoms with van der Waals surface area (Å²) >= 11 is 0. The topological polar surface area (TPSA) is 76.7 Å². The highest BCUT2D eigenvalue weighted by molar-refractivity contribution is 6.00. The first-order valence-corrected chi connectivity index (χ1v) is 9.41. The lowest BCUT2D eigenvalue weighted by atomic mass is 10.1. The first-order chi connectivity index (χ1) is 13.7. The van der Waals surface area contributed by atoms with Crippen molar-refractivity contribution in [3.8, 4) is 5.75 Å². The lowest BCUT2D eigenvalue weighted by Gasteiger charge is -2.20. The maximum Gasteiger partial charge on any atom is 0.412 e. The smallest absolute Gasteiger partial charge is 0.412 e. The lowest BCUT2D eigenvalue weighted by molar-refractivity contribution is -0.117. The van der Waals surface area contributed by atoms with Crippen LogP contribution in [0.2, 0.25) is 0 Å². The maximum absolute atomic E-state index is 14.0. The van der Waals surface area contributed by atoms with Gasteiger partial charge in [0, 0.05) is 12.0 Å². The molecule has 1 saturated carbocycles. The molecule has 1 aliphatic carbocycles. The van der Waals surface area contributed by atoms with Gasteiger partial charge in [-0.15, -0.1) is 0 Å². The molecule has 6 nitrogen and oxygen atoms in total. The van der Waals surface area contributed by atoms with Crippen molar-refractivity contribution in [1.82, 2.24) is 0 Å². The normalized spacial score (nSPS) is 18.0. The van der Waals surface area contributed by atoms with Crippen molar-refractivity contribution in [2.24, 2.45) is 5.92 Å². The Morgan fingerprint density at radius 2 is 1.79 bits per heavy atom. The lowest BCUT2D eigenvalue weighted by Crippen LogP contribution is -2.27. The molecule has 0 spiro atoms. The molecule has 3 rings (SSSR count). The van der Waals surface area contributed by atoms with E-state index in [1.165, 1.54) is 13.2 Å². The van der Waals surface area contributed by atoms with Crippen LogP contribution in [0, 0.1) is 11.7 Å². The van der Waals surface area contributed by atoms with E-state index in [-0.39, 0.29) is 23.6 Å². The van der Waals surface area contributed by atoms with E-state index in [4.69, 9.17) is 9.47 Å². The quantitative estimate of drug-likeness (QED) is 0.747. The van der Waals surface area contributed by atoms with Crippen molar-refractivity contribution in [1.29, 1.82) is 0 Å². The number of hydrogen-bond donors (Lipinski definition) is 2. The van der Waals surface area contributed by atoms with Gasteiger partial charge in [-0.2, -0.15) is 0 Å². The summed E-state index contributed by atoms with van der Waals surface area (Å²) in [6.07, 6.45) is -0.0558. The average molecular weight is 400 g/mol. The molecule has 2 atom stereocenters. The molecule has 0 heterocycles. The number of ether oxygens (including phenoxy) is 2. The highest BCUT2D eigenvalue weighted by Crippen LogP contribution is 2.49. The van der Waals surface area contributed by atoms with Crippen LogP contribution < -0.4 is 15.4 Å². The van der Waals surface area contributed by atoms with Crippen molar-refractivity contribution in [2.45, 2.75) is 38.7 Å². The third-order valence-corrected chi connectivity index (χ3v) is 4.55. The Labute approximate surface area is 169 Å². The van der Waals surface area contributed by atoms with Gasteiger partial charge < -0.3 is 14.8 Å². The molecule has 2 aromatic rings. The van der Waals surface area contributed by atoms with Crippen LogP contribution in [0.15, 0.2) is 42.5 Å². The summed E-state index contributed by atoms with van der Waals surface area (Å²) in [5.74, 6) is -0.492. The number of halogens is 1. The molecule has 1 fully saturated rings. The second-order valence-corrected chi connectivity index (χ2v) is 8.00. The molecule has 2 aromatic carbocycles. The monoisotopic (exact) mass is 400 g/mol. The van der Waals surface area contributed by atoms with Crippen LogP contribution in [0.4, 0.5) is 20.6 Å². The average Bonchev–Trinajstić information content (AvgIpc) is 3.42. The molecule has 0 aromatic heterocycles. The van der Waals surface area contributed by atoms with Gasteiger partial charge in [-0.3, -0.25) is 10.1 Å². The number of carbonyl (C=O) groups is 2. The Kier molecular flexibility index (Phi) is 5.77. The summed E-state index contributed by atoms with van der Waals surface area (Å²) < 4.78 is 24.5. The maximum atomic E-state index is 14.0. The third-order valence-electron chi connectivity index (χ3n) is 4.55. The molecule has 2 unspecified atom stereocenters. The van der Waals surface area contributed by atoms with E-state index >= 15 is 0 Å². The number of nitrogens with one attached hydrogen (secondary N) is 2. The van der Waals surface area contributed by atoms with Gasteiger partial charge in [0.15, 0.2) is 0 Å². The van der Waals surface area contributed by atoms with E-state index in [9.17, 15) is 14.0 Å². The molecular weight excluding hydrogens is 375 g/mol. The Morgan fingerprint density at radius 3 is 2.45 bits per heavy atom. The molecule has 1 aliphatic rings. The van der Waals surface area contributed by atoms with Crippen molar-refractivity contribution >= 4 is 23.4 Å². The molecule has 29 heavy (non-hydrogen) atoms. The van der Waals surface area contributed by atoms with Crippen LogP contribution >= 0.6 is 0 Å². The van der Waals surface area contributed by atoms with Gasteiger partial charge >= 0.3 is 6.09 Å². The molecule has 2 amide bonds. The predicted octanol–water partition coefficient (Wildman–Crippen LogP) is 4.92. The highest BCUT2D eigenvalue weighted by atomic mass is 19.1. The Bertz CT molecular complexity index is 923. The molecule has 0 radical (unpaired) electrons. The van der Waals surface area contributed by atoms with E-state index in [0.29, 0.717) is 29.1 Å². The fourth-order valence-electron chi connectivity index (χ4n) is 3.11. The van der Waals surface area contributed by atoms with Crippen molar-refractivity contribution in [2.75, 3.05) is 17.7 Å². The van der Waals surface area contributed by atoms with Crippen LogP contribution in [0.1, 0.15) is 38.7 Å². The summed E-state index contributed by atoms with van der Waals surface area (Å²) in [7, 11) is 1.51. The first-order valence-electron chi connectivity index (χ1n) is 9.41. The summed E-state index contributed by atoms with van der Waals surface area (Å²) in [5, 5.41) is 5.47. The Morgan fingerprint density at radius 1 is 1.07 bits per heavy atom. The van der Waals surface area contributed by atoms with E-state index in [1.807, 2.05) is 0 Å². The molecule has 0 bridgehead atoms. The van der Waals surface area contributed by atoms with Gasteiger partial charge in [-0.05, 0) is 56.9 Å². The van der Waals surface area contributed by atoms with Gasteiger partial charge in [0.05, 0.1) is 18.5 Å². The van der Waals surface area contributed by atoms with E-state index < -0.39 is 11.7 Å². The van der Waals surface area contributed by atoms with Crippen LogP contribution in [0.25, 0.3) is 0 Å². The number of methoxy groups -OCH3 is 1. The fraction of sp³-hybridized carbons (Fsp3) is 0.364. The van der Waals surface area contributed by atoms with Crippen molar-refractivity contribution < 1.29 is 23.5 Å². The second kappa shape index (κ2) is 8.11. The molecular formula is C22H25FN2O4. The van der Waals surface area contributed by atoms with Crippen molar-refractivity contribution in [3.05, 3.63) is 53.8 Å². The van der Waals surface area contributed by atoms with E-state index in [1.54, 1.807) is 57.2 Å².